The van der Waals surface area contributed by atoms with Gasteiger partial charge in [-0.3, -0.25) is 0 Å². The van der Waals surface area contributed by atoms with E-state index in [0.717, 1.165) is 7.11 Å². The number of carbonyl (C=O) groups is 2. The molecule has 0 aliphatic carbocycles. The molecule has 0 saturated carbocycles. The zero-order valence-corrected chi connectivity index (χ0v) is 7.96. The summed E-state index contributed by atoms with van der Waals surface area (Å²) in [5.41, 5.74) is 0.158. The number of carbonyl (C=O) groups excluding carboxylic acids is 2. The van der Waals surface area contributed by atoms with Crippen molar-refractivity contribution in [1.82, 2.24) is 0 Å². The first-order valence-electron chi connectivity index (χ1n) is 2.53. The molecule has 0 N–H and O–H groups in total. The Hall–Kier alpha value is -0.554. The first kappa shape index (κ1) is 13.1. The Kier molecular flexibility index (Phi) is 7.34. The van der Waals surface area contributed by atoms with Gasteiger partial charge in [0, 0.05) is 5.57 Å². The molecule has 0 aliphatic heterocycles. The molecule has 0 rings (SSSR count). The van der Waals surface area contributed by atoms with Gasteiger partial charge in [0.15, 0.2) is 0 Å². The van der Waals surface area contributed by atoms with Crippen molar-refractivity contribution < 1.29 is 21.9 Å². The molecule has 0 bridgehead atoms. The van der Waals surface area contributed by atoms with Crippen molar-refractivity contribution >= 4 is 35.2 Å². The number of hydrogen-bond donors (Lipinski definition) is 0. The summed E-state index contributed by atoms with van der Waals surface area (Å²) in [4.78, 5) is 20.7. The van der Waals surface area contributed by atoms with Gasteiger partial charge in [0.05, 0.1) is 7.11 Å². The first-order valence-corrected chi connectivity index (χ1v) is 2.53. The average Bonchev–Trinajstić information content (AvgIpc) is 1.87. The first-order chi connectivity index (χ1) is 4.57. The maximum absolute atomic E-state index is 10.5. The molecule has 4 nitrogen and oxygen atoms in total. The van der Waals surface area contributed by atoms with E-state index in [1.807, 2.05) is 0 Å². The van der Waals surface area contributed by atoms with Gasteiger partial charge in [0.25, 0.3) is 0 Å². The third-order valence-electron chi connectivity index (χ3n) is 0.691. The summed E-state index contributed by atoms with van der Waals surface area (Å²) in [5.74, 6) is -0.771. The minimum Gasteiger partial charge on any atom is -1.00 e. The monoisotopic (exact) mass is 170 g/mol. The summed E-state index contributed by atoms with van der Waals surface area (Å²) in [6.45, 7) is 4.70. The Morgan fingerprint density at radius 3 is 2.18 bits per heavy atom. The summed E-state index contributed by atoms with van der Waals surface area (Å²) < 4.78 is 8.11. The molecule has 0 aromatic heterocycles. The van der Waals surface area contributed by atoms with Gasteiger partial charge in [0.2, 0.25) is 0 Å². The van der Waals surface area contributed by atoms with Crippen LogP contribution in [0.4, 0.5) is 4.79 Å². The second-order valence-corrected chi connectivity index (χ2v) is 1.62. The van der Waals surface area contributed by atoms with Crippen LogP contribution in [0.5, 0.6) is 0 Å². The van der Waals surface area contributed by atoms with Gasteiger partial charge in [-0.2, -0.15) is 0 Å². The quantitative estimate of drug-likeness (QED) is 0.252. The third kappa shape index (κ3) is 5.87. The average molecular weight is 170 g/mol. The molecular formula is C6H10MgO4. The maximum atomic E-state index is 10.5. The predicted octanol–water partition coefficient (Wildman–Crippen LogP) is 0.716. The number of esters is 1. The van der Waals surface area contributed by atoms with Gasteiger partial charge in [-0.1, -0.05) is 6.58 Å². The second kappa shape index (κ2) is 6.18. The van der Waals surface area contributed by atoms with Crippen molar-refractivity contribution in [2.75, 3.05) is 7.11 Å². The Labute approximate surface area is 83.7 Å². The predicted molar refractivity (Wildman–Crippen MR) is 41.3 cm³/mol. The van der Waals surface area contributed by atoms with Crippen molar-refractivity contribution in [3.05, 3.63) is 12.2 Å². The Morgan fingerprint density at radius 2 is 1.91 bits per heavy atom. The molecule has 60 valence electrons. The molecule has 0 aromatic rings. The standard InChI is InChI=1S/C6H8O4.Mg.2H/c1-4(2)5(7)10-6(8)9-3;;;/h1H2,2-3H3;;;/q;+2;2*-1. The molecule has 0 radical (unpaired) electrons. The molecule has 0 unspecified atom stereocenters. The van der Waals surface area contributed by atoms with Crippen LogP contribution in [0.3, 0.4) is 0 Å². The minimum absolute atomic E-state index is 0. The molecule has 0 fully saturated rings. The van der Waals surface area contributed by atoms with Crippen molar-refractivity contribution in [3.8, 4) is 0 Å². The van der Waals surface area contributed by atoms with Crippen LogP contribution in [-0.2, 0) is 14.3 Å². The largest absolute Gasteiger partial charge is 2.00 e. The van der Waals surface area contributed by atoms with Crippen molar-refractivity contribution in [2.24, 2.45) is 0 Å². The van der Waals surface area contributed by atoms with E-state index in [0.29, 0.717) is 0 Å². The summed E-state index contributed by atoms with van der Waals surface area (Å²) in [7, 11) is 1.12. The SMILES string of the molecule is C=C(C)C(=O)OC(=O)OC.[H-].[H-].[Mg+2]. The van der Waals surface area contributed by atoms with Crippen LogP contribution < -0.4 is 0 Å². The van der Waals surface area contributed by atoms with Gasteiger partial charge in [-0.05, 0) is 6.92 Å². The molecule has 5 heteroatoms. The Balaban J connectivity index is -0.000000135. The van der Waals surface area contributed by atoms with E-state index in [9.17, 15) is 9.59 Å². The zero-order valence-electron chi connectivity index (χ0n) is 8.55. The smallest absolute Gasteiger partial charge is 1.00 e. The summed E-state index contributed by atoms with van der Waals surface area (Å²) in [6, 6.07) is 0. The Bertz CT molecular complexity index is 183. The van der Waals surface area contributed by atoms with Crippen LogP contribution in [0.1, 0.15) is 9.78 Å². The van der Waals surface area contributed by atoms with Crippen LogP contribution in [0, 0.1) is 0 Å². The molecular weight excluding hydrogens is 160 g/mol. The summed E-state index contributed by atoms with van der Waals surface area (Å²) >= 11 is 0. The van der Waals surface area contributed by atoms with Crippen LogP contribution in [-0.4, -0.2) is 42.3 Å². The fraction of sp³-hybridized carbons (Fsp3) is 0.333. The van der Waals surface area contributed by atoms with Crippen LogP contribution in [0.2, 0.25) is 0 Å². The van der Waals surface area contributed by atoms with E-state index in [-0.39, 0.29) is 31.5 Å². The van der Waals surface area contributed by atoms with Crippen LogP contribution in [0.15, 0.2) is 12.2 Å². The molecule has 0 aliphatic rings. The number of rotatable bonds is 1. The van der Waals surface area contributed by atoms with Gasteiger partial charge in [-0.15, -0.1) is 0 Å². The van der Waals surface area contributed by atoms with E-state index in [2.05, 4.69) is 16.1 Å². The second-order valence-electron chi connectivity index (χ2n) is 1.62. The maximum Gasteiger partial charge on any atom is 2.00 e. The molecule has 0 atom stereocenters. The van der Waals surface area contributed by atoms with Gasteiger partial charge >= 0.3 is 35.2 Å². The van der Waals surface area contributed by atoms with E-state index < -0.39 is 12.1 Å². The van der Waals surface area contributed by atoms with Crippen LogP contribution in [0.25, 0.3) is 0 Å². The Morgan fingerprint density at radius 1 is 1.45 bits per heavy atom. The van der Waals surface area contributed by atoms with Gasteiger partial charge in [0.1, 0.15) is 0 Å². The molecule has 0 spiro atoms. The molecule has 0 aromatic carbocycles. The molecule has 0 saturated heterocycles. The minimum atomic E-state index is -1.02. The van der Waals surface area contributed by atoms with Crippen molar-refractivity contribution in [2.45, 2.75) is 6.92 Å². The topological polar surface area (TPSA) is 52.6 Å². The number of methoxy groups -OCH3 is 1. The number of hydrogen-bond acceptors (Lipinski definition) is 4. The summed E-state index contributed by atoms with van der Waals surface area (Å²) in [5, 5.41) is 0. The third-order valence-corrected chi connectivity index (χ3v) is 0.691. The van der Waals surface area contributed by atoms with Crippen molar-refractivity contribution in [1.29, 1.82) is 0 Å². The van der Waals surface area contributed by atoms with Crippen LogP contribution >= 0.6 is 0 Å². The van der Waals surface area contributed by atoms with E-state index in [4.69, 9.17) is 0 Å². The molecule has 11 heavy (non-hydrogen) atoms. The molecule has 0 heterocycles. The van der Waals surface area contributed by atoms with E-state index in [1.165, 1.54) is 6.92 Å². The zero-order chi connectivity index (χ0) is 8.15. The fourth-order valence-corrected chi connectivity index (χ4v) is 0.204. The molecule has 0 amide bonds. The van der Waals surface area contributed by atoms with Gasteiger partial charge < -0.3 is 12.3 Å². The van der Waals surface area contributed by atoms with E-state index in [1.54, 1.807) is 0 Å². The van der Waals surface area contributed by atoms with Crippen molar-refractivity contribution in [3.63, 3.8) is 0 Å². The normalized spacial score (nSPS) is 7.45. The number of ether oxygens (including phenoxy) is 2. The fourth-order valence-electron chi connectivity index (χ4n) is 0.204. The van der Waals surface area contributed by atoms with E-state index >= 15 is 0 Å². The summed E-state index contributed by atoms with van der Waals surface area (Å²) in [6.07, 6.45) is -1.02. The van der Waals surface area contributed by atoms with Gasteiger partial charge in [-0.25, -0.2) is 9.59 Å².